The van der Waals surface area contributed by atoms with E-state index in [1.807, 2.05) is 6.92 Å². The number of likely N-dealkylation sites (N-methyl/N-ethyl adjacent to an activating group) is 1. The summed E-state index contributed by atoms with van der Waals surface area (Å²) in [5, 5.41) is 6.93. The van der Waals surface area contributed by atoms with Crippen LogP contribution in [0.2, 0.25) is 0 Å². The lowest BCUT2D eigenvalue weighted by atomic mass is 9.95. The minimum Gasteiger partial charge on any atom is -0.499 e. The SMILES string of the molecule is C=C(NCCNCCN(CC)C1=C(OC)CCC=C1)C1=C(N)CCCC1.CCN. The van der Waals surface area contributed by atoms with E-state index in [2.05, 4.69) is 41.2 Å². The molecule has 0 saturated heterocycles. The molecule has 2 aliphatic rings. The molecule has 2 aliphatic carbocycles. The van der Waals surface area contributed by atoms with Crippen LogP contribution in [0.25, 0.3) is 0 Å². The molecule has 0 aromatic rings. The Bertz CT molecular complexity index is 580. The molecule has 2 rings (SSSR count). The number of nitrogens with zero attached hydrogens (tertiary/aromatic N) is 1. The number of ether oxygens (including phenoxy) is 1. The Morgan fingerprint density at radius 1 is 1.17 bits per heavy atom. The first kappa shape index (κ1) is 25.1. The topological polar surface area (TPSA) is 88.6 Å². The van der Waals surface area contributed by atoms with E-state index in [0.29, 0.717) is 0 Å². The van der Waals surface area contributed by atoms with Crippen molar-refractivity contribution in [2.75, 3.05) is 46.4 Å². The summed E-state index contributed by atoms with van der Waals surface area (Å²) in [6.45, 7) is 13.7. The molecule has 0 heterocycles. The first-order valence-electron chi connectivity index (χ1n) is 11.1. The predicted molar refractivity (Wildman–Crippen MR) is 124 cm³/mol. The molecule has 0 aromatic heterocycles. The van der Waals surface area contributed by atoms with Crippen molar-refractivity contribution in [1.29, 1.82) is 0 Å². The number of nitrogens with two attached hydrogens (primary N) is 2. The molecule has 0 atom stereocenters. The number of nitrogens with one attached hydrogen (secondary N) is 2. The van der Waals surface area contributed by atoms with Gasteiger partial charge in [-0.05, 0) is 57.2 Å². The smallest absolute Gasteiger partial charge is 0.119 e. The van der Waals surface area contributed by atoms with Crippen molar-refractivity contribution in [3.63, 3.8) is 0 Å². The molecule has 29 heavy (non-hydrogen) atoms. The summed E-state index contributed by atoms with van der Waals surface area (Å²) in [6.07, 6.45) is 11.0. The summed E-state index contributed by atoms with van der Waals surface area (Å²) >= 11 is 0. The molecule has 6 heteroatoms. The monoisotopic (exact) mass is 405 g/mol. The normalized spacial score (nSPS) is 16.3. The van der Waals surface area contributed by atoms with Crippen LogP contribution < -0.4 is 22.1 Å². The lowest BCUT2D eigenvalue weighted by molar-refractivity contribution is 0.247. The summed E-state index contributed by atoms with van der Waals surface area (Å²) in [7, 11) is 1.77. The summed E-state index contributed by atoms with van der Waals surface area (Å²) in [4.78, 5) is 2.38. The number of rotatable bonds is 11. The maximum atomic E-state index is 6.11. The summed E-state index contributed by atoms with van der Waals surface area (Å²) in [5.74, 6) is 1.10. The van der Waals surface area contributed by atoms with Crippen LogP contribution in [0.15, 0.2) is 47.2 Å². The highest BCUT2D eigenvalue weighted by Crippen LogP contribution is 2.25. The Hall–Kier alpha value is -1.92. The van der Waals surface area contributed by atoms with Gasteiger partial charge in [-0.3, -0.25) is 0 Å². The van der Waals surface area contributed by atoms with E-state index >= 15 is 0 Å². The maximum Gasteiger partial charge on any atom is 0.119 e. The molecule has 0 fully saturated rings. The van der Waals surface area contributed by atoms with E-state index in [1.54, 1.807) is 7.11 Å². The number of allylic oxidation sites excluding steroid dienone is 5. The highest BCUT2D eigenvalue weighted by atomic mass is 16.5. The van der Waals surface area contributed by atoms with Gasteiger partial charge in [-0.15, -0.1) is 0 Å². The summed E-state index contributed by atoms with van der Waals surface area (Å²) in [5.41, 5.74) is 15.4. The van der Waals surface area contributed by atoms with Gasteiger partial charge in [0.15, 0.2) is 0 Å². The quantitative estimate of drug-likeness (QED) is 0.395. The maximum absolute atomic E-state index is 6.11. The van der Waals surface area contributed by atoms with Gasteiger partial charge in [0.25, 0.3) is 0 Å². The van der Waals surface area contributed by atoms with E-state index in [-0.39, 0.29) is 0 Å². The number of hydrogen-bond donors (Lipinski definition) is 4. The minimum atomic E-state index is 0.750. The van der Waals surface area contributed by atoms with E-state index in [0.717, 1.165) is 82.1 Å². The van der Waals surface area contributed by atoms with Gasteiger partial charge in [-0.2, -0.15) is 0 Å². The first-order chi connectivity index (χ1) is 14.1. The fourth-order valence-corrected chi connectivity index (χ4v) is 3.59. The third-order valence-electron chi connectivity index (χ3n) is 5.14. The second-order valence-electron chi connectivity index (χ2n) is 7.31. The largest absolute Gasteiger partial charge is 0.499 e. The second-order valence-corrected chi connectivity index (χ2v) is 7.31. The molecule has 6 nitrogen and oxygen atoms in total. The van der Waals surface area contributed by atoms with Gasteiger partial charge < -0.3 is 31.7 Å². The average Bonchev–Trinajstić information content (AvgIpc) is 2.74. The van der Waals surface area contributed by atoms with E-state index in [9.17, 15) is 0 Å². The van der Waals surface area contributed by atoms with Crippen molar-refractivity contribution in [3.05, 3.63) is 47.2 Å². The van der Waals surface area contributed by atoms with Crippen molar-refractivity contribution in [1.82, 2.24) is 15.5 Å². The summed E-state index contributed by atoms with van der Waals surface area (Å²) < 4.78 is 5.56. The van der Waals surface area contributed by atoms with Crippen molar-refractivity contribution in [2.24, 2.45) is 11.5 Å². The minimum absolute atomic E-state index is 0.750. The van der Waals surface area contributed by atoms with Crippen LogP contribution in [-0.4, -0.2) is 51.3 Å². The third-order valence-corrected chi connectivity index (χ3v) is 5.14. The summed E-state index contributed by atoms with van der Waals surface area (Å²) in [6, 6.07) is 0. The number of methoxy groups -OCH3 is 1. The standard InChI is InChI=1S/C21H36N4O.C2H7N/c1-4-25(20-11-7-8-12-21(20)26-3)16-15-23-13-14-24-17(2)18-9-5-6-10-19(18)22;1-2-3/h7,11,23-24H,2,4-6,8-10,12-16,22H2,1,3H3;2-3H2,1H3. The fraction of sp³-hybridized carbons (Fsp3) is 0.652. The molecule has 0 bridgehead atoms. The molecule has 6 N–H and O–H groups in total. The Labute approximate surface area is 178 Å². The molecule has 0 amide bonds. The van der Waals surface area contributed by atoms with Crippen molar-refractivity contribution in [2.45, 2.75) is 52.4 Å². The third kappa shape index (κ3) is 8.96. The lowest BCUT2D eigenvalue weighted by Crippen LogP contribution is -2.35. The molecule has 0 radical (unpaired) electrons. The van der Waals surface area contributed by atoms with Crippen molar-refractivity contribution < 1.29 is 4.74 Å². The van der Waals surface area contributed by atoms with E-state index in [1.165, 1.54) is 24.1 Å². The molecule has 0 aliphatic heterocycles. The Kier molecular flexibility index (Phi) is 13.0. The molecule has 0 aromatic carbocycles. The van der Waals surface area contributed by atoms with E-state index in [4.69, 9.17) is 16.2 Å². The highest BCUT2D eigenvalue weighted by Gasteiger charge is 2.15. The molecule has 166 valence electrons. The highest BCUT2D eigenvalue weighted by molar-refractivity contribution is 5.32. The lowest BCUT2D eigenvalue weighted by Gasteiger charge is -2.28. The van der Waals surface area contributed by atoms with Crippen LogP contribution in [-0.2, 0) is 4.74 Å². The molecule has 0 saturated carbocycles. The van der Waals surface area contributed by atoms with Crippen LogP contribution in [0.1, 0.15) is 52.4 Å². The molecule has 0 spiro atoms. The Balaban J connectivity index is 0.00000132. The van der Waals surface area contributed by atoms with Gasteiger partial charge in [0, 0.05) is 50.5 Å². The average molecular weight is 406 g/mol. The Morgan fingerprint density at radius 3 is 2.55 bits per heavy atom. The zero-order valence-corrected chi connectivity index (χ0v) is 18.9. The van der Waals surface area contributed by atoms with Gasteiger partial charge in [0.1, 0.15) is 5.76 Å². The second kappa shape index (κ2) is 15.0. The van der Waals surface area contributed by atoms with Crippen LogP contribution >= 0.6 is 0 Å². The van der Waals surface area contributed by atoms with Crippen molar-refractivity contribution in [3.8, 4) is 0 Å². The van der Waals surface area contributed by atoms with Gasteiger partial charge in [-0.25, -0.2) is 0 Å². The Morgan fingerprint density at radius 2 is 1.90 bits per heavy atom. The van der Waals surface area contributed by atoms with Crippen LogP contribution in [0.3, 0.4) is 0 Å². The predicted octanol–water partition coefficient (Wildman–Crippen LogP) is 2.96. The first-order valence-corrected chi connectivity index (χ1v) is 11.1. The zero-order chi connectivity index (χ0) is 21.5. The van der Waals surface area contributed by atoms with Crippen molar-refractivity contribution >= 4 is 0 Å². The van der Waals surface area contributed by atoms with Crippen LogP contribution in [0, 0.1) is 0 Å². The molecular formula is C23H43N5O. The van der Waals surface area contributed by atoms with Gasteiger partial charge in [0.05, 0.1) is 12.8 Å². The van der Waals surface area contributed by atoms with Gasteiger partial charge >= 0.3 is 0 Å². The zero-order valence-electron chi connectivity index (χ0n) is 18.9. The number of hydrogen-bond acceptors (Lipinski definition) is 6. The van der Waals surface area contributed by atoms with Gasteiger partial charge in [-0.1, -0.05) is 19.6 Å². The molecular weight excluding hydrogens is 362 g/mol. The van der Waals surface area contributed by atoms with Crippen LogP contribution in [0.4, 0.5) is 0 Å². The van der Waals surface area contributed by atoms with E-state index < -0.39 is 0 Å². The van der Waals surface area contributed by atoms with Crippen LogP contribution in [0.5, 0.6) is 0 Å². The molecule has 0 unspecified atom stereocenters. The fourth-order valence-electron chi connectivity index (χ4n) is 3.59. The van der Waals surface area contributed by atoms with Gasteiger partial charge in [0.2, 0.25) is 0 Å².